The van der Waals surface area contributed by atoms with E-state index < -0.39 is 0 Å². The molecule has 2 aromatic rings. The van der Waals surface area contributed by atoms with Gasteiger partial charge in [0.05, 0.1) is 11.4 Å². The van der Waals surface area contributed by atoms with Gasteiger partial charge in [0.1, 0.15) is 0 Å². The molecule has 2 N–H and O–H groups in total. The molecule has 106 valence electrons. The van der Waals surface area contributed by atoms with E-state index in [4.69, 9.17) is 10.2 Å². The smallest absolute Gasteiger partial charge is 0.300 e. The molecule has 5 rings (SSSR count). The highest BCUT2D eigenvalue weighted by Gasteiger charge is 2.31. The second kappa shape index (κ2) is 4.34. The lowest BCUT2D eigenvalue weighted by atomic mass is 10.1. The van der Waals surface area contributed by atoms with Gasteiger partial charge in [-0.15, -0.1) is 0 Å². The van der Waals surface area contributed by atoms with E-state index in [2.05, 4.69) is 19.8 Å². The van der Waals surface area contributed by atoms with E-state index in [0.29, 0.717) is 29.0 Å². The van der Waals surface area contributed by atoms with Gasteiger partial charge < -0.3 is 20.0 Å². The highest BCUT2D eigenvalue weighted by molar-refractivity contribution is 5.75. The second-order valence-electron chi connectivity index (χ2n) is 5.75. The molecule has 20 heavy (non-hydrogen) atoms. The Morgan fingerprint density at radius 3 is 2.80 bits per heavy atom. The Bertz CT molecular complexity index is 605. The molecule has 0 aliphatic carbocycles. The molecule has 2 aromatic heterocycles. The summed E-state index contributed by atoms with van der Waals surface area (Å²) in [6.45, 7) is 6.33. The van der Waals surface area contributed by atoms with E-state index >= 15 is 0 Å². The fraction of sp³-hybridized carbons (Fsp3) is 0.571. The van der Waals surface area contributed by atoms with Gasteiger partial charge >= 0.3 is 0 Å². The topological polar surface area (TPSA) is 71.4 Å². The van der Waals surface area contributed by atoms with Gasteiger partial charge in [0, 0.05) is 38.3 Å². The number of fused-ring (bicyclic) bond motifs is 5. The minimum absolute atomic E-state index is 0.542. The number of aryl methyl sites for hydroxylation is 1. The Labute approximate surface area is 117 Å². The molecule has 3 fully saturated rings. The molecule has 3 saturated heterocycles. The van der Waals surface area contributed by atoms with Crippen LogP contribution in [-0.2, 0) is 0 Å². The van der Waals surface area contributed by atoms with Gasteiger partial charge in [0.2, 0.25) is 5.65 Å². The standard InChI is InChI=1S/C14H19N5O/c1-9-11(15)8-12-13(16-9)17-14(20-12)19-7-6-18-4-2-10(19)3-5-18/h8,10H,2-7,15H2,1H3. The molecule has 5 heterocycles. The van der Waals surface area contributed by atoms with Crippen LogP contribution in [0.15, 0.2) is 10.5 Å². The number of anilines is 2. The van der Waals surface area contributed by atoms with Crippen molar-refractivity contribution in [2.24, 2.45) is 0 Å². The van der Waals surface area contributed by atoms with Gasteiger partial charge in [-0.3, -0.25) is 0 Å². The van der Waals surface area contributed by atoms with Gasteiger partial charge in [-0.05, 0) is 19.8 Å². The summed E-state index contributed by atoms with van der Waals surface area (Å²) in [5, 5.41) is 0. The quantitative estimate of drug-likeness (QED) is 0.846. The van der Waals surface area contributed by atoms with Crippen molar-refractivity contribution in [3.8, 4) is 0 Å². The minimum atomic E-state index is 0.542. The molecule has 3 aliphatic rings. The molecule has 6 heteroatoms. The summed E-state index contributed by atoms with van der Waals surface area (Å²) in [7, 11) is 0. The SMILES string of the molecule is Cc1nc2nc(N3CCN4CCC3CC4)oc2cc1N. The lowest BCUT2D eigenvalue weighted by Gasteiger charge is -2.30. The Kier molecular flexibility index (Phi) is 2.60. The van der Waals surface area contributed by atoms with Crippen LogP contribution in [0.25, 0.3) is 11.2 Å². The van der Waals surface area contributed by atoms with Gasteiger partial charge in [0.25, 0.3) is 6.01 Å². The third kappa shape index (κ3) is 1.83. The summed E-state index contributed by atoms with van der Waals surface area (Å²) in [5.74, 6) is 0. The van der Waals surface area contributed by atoms with Crippen LogP contribution in [0, 0.1) is 6.92 Å². The van der Waals surface area contributed by atoms with Crippen LogP contribution in [0.4, 0.5) is 11.7 Å². The maximum atomic E-state index is 5.90. The molecule has 3 aliphatic heterocycles. The van der Waals surface area contributed by atoms with Crippen molar-refractivity contribution in [3.05, 3.63) is 11.8 Å². The van der Waals surface area contributed by atoms with Crippen LogP contribution in [0.2, 0.25) is 0 Å². The average Bonchev–Trinajstić information content (AvgIpc) is 2.63. The number of hydrogen-bond acceptors (Lipinski definition) is 6. The highest BCUT2D eigenvalue weighted by atomic mass is 16.4. The largest absolute Gasteiger partial charge is 0.422 e. The molecular weight excluding hydrogens is 254 g/mol. The molecule has 2 bridgehead atoms. The first kappa shape index (κ1) is 12.0. The minimum Gasteiger partial charge on any atom is -0.422 e. The normalized spacial score (nSPS) is 26.1. The van der Waals surface area contributed by atoms with Crippen molar-refractivity contribution in [2.45, 2.75) is 25.8 Å². The average molecular weight is 273 g/mol. The molecule has 0 saturated carbocycles. The molecule has 0 radical (unpaired) electrons. The Balaban J connectivity index is 1.74. The summed E-state index contributed by atoms with van der Waals surface area (Å²) in [6.07, 6.45) is 2.38. The number of aromatic nitrogens is 2. The zero-order chi connectivity index (χ0) is 13.7. The van der Waals surface area contributed by atoms with Crippen molar-refractivity contribution >= 4 is 22.9 Å². The van der Waals surface area contributed by atoms with Gasteiger partial charge in [-0.25, -0.2) is 4.98 Å². The Hall–Kier alpha value is -1.82. The summed E-state index contributed by atoms with van der Waals surface area (Å²) in [4.78, 5) is 13.8. The molecule has 0 amide bonds. The number of nitrogen functional groups attached to an aromatic ring is 1. The van der Waals surface area contributed by atoms with E-state index in [0.717, 1.165) is 18.8 Å². The number of pyridine rings is 1. The number of nitrogens with zero attached hydrogens (tertiary/aromatic N) is 4. The monoisotopic (exact) mass is 273 g/mol. The third-order valence-electron chi connectivity index (χ3n) is 4.50. The highest BCUT2D eigenvalue weighted by Crippen LogP contribution is 2.29. The lowest BCUT2D eigenvalue weighted by molar-refractivity contribution is 0.249. The molecule has 0 spiro atoms. The second-order valence-corrected chi connectivity index (χ2v) is 5.75. The number of rotatable bonds is 1. The van der Waals surface area contributed by atoms with E-state index in [9.17, 15) is 0 Å². The van der Waals surface area contributed by atoms with Crippen molar-refractivity contribution in [3.63, 3.8) is 0 Å². The van der Waals surface area contributed by atoms with E-state index in [1.165, 1.54) is 25.9 Å². The first-order valence-corrected chi connectivity index (χ1v) is 7.23. The zero-order valence-electron chi connectivity index (χ0n) is 11.7. The van der Waals surface area contributed by atoms with Crippen LogP contribution in [0.1, 0.15) is 18.5 Å². The lowest BCUT2D eigenvalue weighted by Crippen LogP contribution is -2.38. The fourth-order valence-corrected chi connectivity index (χ4v) is 3.22. The van der Waals surface area contributed by atoms with Crippen molar-refractivity contribution < 1.29 is 4.42 Å². The number of oxazole rings is 1. The summed E-state index contributed by atoms with van der Waals surface area (Å²) < 4.78 is 5.90. The first-order valence-electron chi connectivity index (χ1n) is 7.23. The van der Waals surface area contributed by atoms with Gasteiger partial charge in [-0.2, -0.15) is 4.98 Å². The van der Waals surface area contributed by atoms with Crippen molar-refractivity contribution in [1.82, 2.24) is 14.9 Å². The predicted molar refractivity (Wildman–Crippen MR) is 77.8 cm³/mol. The summed E-state index contributed by atoms with van der Waals surface area (Å²) in [6, 6.07) is 3.07. The zero-order valence-corrected chi connectivity index (χ0v) is 11.7. The molecule has 0 atom stereocenters. The third-order valence-corrected chi connectivity index (χ3v) is 4.50. The molecular formula is C14H19N5O. The number of nitrogens with two attached hydrogens (primary N) is 1. The van der Waals surface area contributed by atoms with Gasteiger partial charge in [0.15, 0.2) is 5.58 Å². The maximum absolute atomic E-state index is 5.90. The van der Waals surface area contributed by atoms with Crippen LogP contribution in [0.3, 0.4) is 0 Å². The first-order chi connectivity index (χ1) is 9.70. The van der Waals surface area contributed by atoms with Crippen LogP contribution in [-0.4, -0.2) is 47.1 Å². The summed E-state index contributed by atoms with van der Waals surface area (Å²) >= 11 is 0. The number of hydrogen-bond donors (Lipinski definition) is 1. The van der Waals surface area contributed by atoms with Crippen LogP contribution in [0.5, 0.6) is 0 Å². The van der Waals surface area contributed by atoms with Crippen molar-refractivity contribution in [1.29, 1.82) is 0 Å². The summed E-state index contributed by atoms with van der Waals surface area (Å²) in [5.41, 5.74) is 8.69. The van der Waals surface area contributed by atoms with Crippen LogP contribution < -0.4 is 10.6 Å². The van der Waals surface area contributed by atoms with Gasteiger partial charge in [-0.1, -0.05) is 0 Å². The fourth-order valence-electron chi connectivity index (χ4n) is 3.22. The van der Waals surface area contributed by atoms with E-state index in [1.54, 1.807) is 0 Å². The molecule has 6 nitrogen and oxygen atoms in total. The predicted octanol–water partition coefficient (Wildman–Crippen LogP) is 1.40. The number of piperidine rings is 1. The maximum Gasteiger partial charge on any atom is 0.300 e. The molecule has 0 aromatic carbocycles. The Morgan fingerprint density at radius 2 is 2.00 bits per heavy atom. The van der Waals surface area contributed by atoms with Crippen LogP contribution >= 0.6 is 0 Å². The molecule has 0 unspecified atom stereocenters. The van der Waals surface area contributed by atoms with E-state index in [-0.39, 0.29) is 0 Å². The van der Waals surface area contributed by atoms with E-state index in [1.807, 2.05) is 13.0 Å². The Morgan fingerprint density at radius 1 is 1.20 bits per heavy atom. The van der Waals surface area contributed by atoms with Crippen molar-refractivity contribution in [2.75, 3.05) is 36.8 Å².